The molecule has 2 atom stereocenters. The van der Waals surface area contributed by atoms with Crippen LogP contribution in [0.5, 0.6) is 0 Å². The van der Waals surface area contributed by atoms with Crippen LogP contribution in [0.25, 0.3) is 0 Å². The summed E-state index contributed by atoms with van der Waals surface area (Å²) < 4.78 is 0. The summed E-state index contributed by atoms with van der Waals surface area (Å²) in [5.41, 5.74) is 0. The van der Waals surface area contributed by atoms with Gasteiger partial charge in [0.25, 0.3) is 0 Å². The molecular weight excluding hydrogens is 176 g/mol. The quantitative estimate of drug-likeness (QED) is 0.704. The Morgan fingerprint density at radius 1 is 1.36 bits per heavy atom. The highest BCUT2D eigenvalue weighted by Crippen LogP contribution is 2.34. The SMILES string of the molecule is CNC(C1CCC1)C1CCCNC1=O. The van der Waals surface area contributed by atoms with E-state index in [1.807, 2.05) is 7.05 Å². The summed E-state index contributed by atoms with van der Waals surface area (Å²) in [7, 11) is 1.99. The molecule has 0 aromatic rings. The predicted molar refractivity (Wildman–Crippen MR) is 55.9 cm³/mol. The van der Waals surface area contributed by atoms with Crippen molar-refractivity contribution < 1.29 is 4.79 Å². The zero-order chi connectivity index (χ0) is 9.97. The third-order valence-corrected chi connectivity index (χ3v) is 3.75. The number of hydrogen-bond acceptors (Lipinski definition) is 2. The van der Waals surface area contributed by atoms with E-state index in [1.165, 1.54) is 19.3 Å². The highest BCUT2D eigenvalue weighted by molar-refractivity contribution is 5.80. The van der Waals surface area contributed by atoms with E-state index in [1.54, 1.807) is 0 Å². The predicted octanol–water partition coefficient (Wildman–Crippen LogP) is 0.901. The van der Waals surface area contributed by atoms with Crippen molar-refractivity contribution >= 4 is 5.91 Å². The van der Waals surface area contributed by atoms with Gasteiger partial charge in [-0.1, -0.05) is 6.42 Å². The normalized spacial score (nSPS) is 30.6. The topological polar surface area (TPSA) is 41.1 Å². The second-order valence-corrected chi connectivity index (χ2v) is 4.55. The van der Waals surface area contributed by atoms with Crippen molar-refractivity contribution in [2.24, 2.45) is 11.8 Å². The molecule has 2 rings (SSSR count). The molecule has 1 amide bonds. The van der Waals surface area contributed by atoms with Crippen LogP contribution < -0.4 is 10.6 Å². The number of nitrogens with one attached hydrogen (secondary N) is 2. The second-order valence-electron chi connectivity index (χ2n) is 4.55. The van der Waals surface area contributed by atoms with E-state index in [2.05, 4.69) is 10.6 Å². The van der Waals surface area contributed by atoms with E-state index in [0.717, 1.165) is 25.3 Å². The molecule has 2 fully saturated rings. The van der Waals surface area contributed by atoms with E-state index in [-0.39, 0.29) is 11.8 Å². The van der Waals surface area contributed by atoms with Gasteiger partial charge in [0.05, 0.1) is 5.92 Å². The molecule has 1 aliphatic carbocycles. The van der Waals surface area contributed by atoms with E-state index in [4.69, 9.17) is 0 Å². The van der Waals surface area contributed by atoms with Crippen LogP contribution in [0.2, 0.25) is 0 Å². The largest absolute Gasteiger partial charge is 0.356 e. The van der Waals surface area contributed by atoms with Crippen LogP contribution in [0.3, 0.4) is 0 Å². The Balaban J connectivity index is 1.97. The van der Waals surface area contributed by atoms with Gasteiger partial charge in [-0.2, -0.15) is 0 Å². The molecule has 2 N–H and O–H groups in total. The first-order valence-corrected chi connectivity index (χ1v) is 5.78. The first kappa shape index (κ1) is 9.97. The molecule has 3 nitrogen and oxygen atoms in total. The molecule has 1 saturated heterocycles. The van der Waals surface area contributed by atoms with Crippen molar-refractivity contribution in [3.8, 4) is 0 Å². The van der Waals surface area contributed by atoms with Gasteiger partial charge in [-0.25, -0.2) is 0 Å². The monoisotopic (exact) mass is 196 g/mol. The maximum Gasteiger partial charge on any atom is 0.224 e. The van der Waals surface area contributed by atoms with Crippen LogP contribution in [-0.2, 0) is 4.79 Å². The second kappa shape index (κ2) is 4.30. The smallest absolute Gasteiger partial charge is 0.224 e. The molecule has 0 spiro atoms. The summed E-state index contributed by atoms with van der Waals surface area (Å²) in [5.74, 6) is 1.23. The molecule has 0 aromatic heterocycles. The molecule has 2 aliphatic rings. The Labute approximate surface area is 85.6 Å². The lowest BCUT2D eigenvalue weighted by molar-refractivity contribution is -0.128. The zero-order valence-electron chi connectivity index (χ0n) is 8.88. The van der Waals surface area contributed by atoms with Crippen LogP contribution in [-0.4, -0.2) is 25.5 Å². The number of piperidine rings is 1. The van der Waals surface area contributed by atoms with Crippen molar-refractivity contribution in [1.82, 2.24) is 10.6 Å². The number of hydrogen-bond donors (Lipinski definition) is 2. The fraction of sp³-hybridized carbons (Fsp3) is 0.909. The van der Waals surface area contributed by atoms with Gasteiger partial charge in [0, 0.05) is 12.6 Å². The van der Waals surface area contributed by atoms with Gasteiger partial charge in [0.2, 0.25) is 5.91 Å². The van der Waals surface area contributed by atoms with Crippen LogP contribution in [0.4, 0.5) is 0 Å². The summed E-state index contributed by atoms with van der Waals surface area (Å²) >= 11 is 0. The zero-order valence-corrected chi connectivity index (χ0v) is 8.88. The summed E-state index contributed by atoms with van der Waals surface area (Å²) in [6.07, 6.45) is 6.15. The molecule has 0 aromatic carbocycles. The van der Waals surface area contributed by atoms with Crippen molar-refractivity contribution in [1.29, 1.82) is 0 Å². The van der Waals surface area contributed by atoms with Gasteiger partial charge in [-0.05, 0) is 38.6 Å². The Kier molecular flexibility index (Phi) is 3.06. The number of carbonyl (C=O) groups is 1. The average molecular weight is 196 g/mol. The van der Waals surface area contributed by atoms with Crippen LogP contribution >= 0.6 is 0 Å². The molecule has 14 heavy (non-hydrogen) atoms. The van der Waals surface area contributed by atoms with Crippen molar-refractivity contribution in [2.75, 3.05) is 13.6 Å². The fourth-order valence-electron chi connectivity index (χ4n) is 2.70. The number of amides is 1. The minimum atomic E-state index is 0.221. The maximum absolute atomic E-state index is 11.7. The number of carbonyl (C=O) groups excluding carboxylic acids is 1. The van der Waals surface area contributed by atoms with E-state index >= 15 is 0 Å². The summed E-state index contributed by atoms with van der Waals surface area (Å²) in [4.78, 5) is 11.7. The Morgan fingerprint density at radius 3 is 2.64 bits per heavy atom. The molecule has 0 bridgehead atoms. The van der Waals surface area contributed by atoms with Crippen molar-refractivity contribution in [2.45, 2.75) is 38.1 Å². The molecule has 1 heterocycles. The van der Waals surface area contributed by atoms with Gasteiger partial charge < -0.3 is 10.6 Å². The lowest BCUT2D eigenvalue weighted by atomic mass is 9.73. The summed E-state index contributed by atoms with van der Waals surface area (Å²) in [5, 5.41) is 6.31. The van der Waals surface area contributed by atoms with E-state index in [9.17, 15) is 4.79 Å². The third-order valence-electron chi connectivity index (χ3n) is 3.75. The lowest BCUT2D eigenvalue weighted by Gasteiger charge is -2.39. The highest BCUT2D eigenvalue weighted by atomic mass is 16.2. The fourth-order valence-corrected chi connectivity index (χ4v) is 2.70. The highest BCUT2D eigenvalue weighted by Gasteiger charge is 2.36. The third kappa shape index (κ3) is 1.78. The number of rotatable bonds is 3. The standard InChI is InChI=1S/C11H20N2O/c1-12-10(8-4-2-5-8)9-6-3-7-13-11(9)14/h8-10,12H,2-7H2,1H3,(H,13,14). The first-order valence-electron chi connectivity index (χ1n) is 5.78. The molecular formula is C11H20N2O. The Morgan fingerprint density at radius 2 is 2.14 bits per heavy atom. The van der Waals surface area contributed by atoms with Crippen LogP contribution in [0.1, 0.15) is 32.1 Å². The molecule has 2 unspecified atom stereocenters. The summed E-state index contributed by atoms with van der Waals surface area (Å²) in [6.45, 7) is 0.871. The molecule has 3 heteroatoms. The Hall–Kier alpha value is -0.570. The summed E-state index contributed by atoms with van der Waals surface area (Å²) in [6, 6.07) is 0.420. The van der Waals surface area contributed by atoms with Crippen molar-refractivity contribution in [3.05, 3.63) is 0 Å². The maximum atomic E-state index is 11.7. The van der Waals surface area contributed by atoms with E-state index in [0.29, 0.717) is 6.04 Å². The van der Waals surface area contributed by atoms with Gasteiger partial charge in [-0.15, -0.1) is 0 Å². The molecule has 80 valence electrons. The van der Waals surface area contributed by atoms with Gasteiger partial charge in [-0.3, -0.25) is 4.79 Å². The average Bonchev–Trinajstić information content (AvgIpc) is 2.12. The van der Waals surface area contributed by atoms with Crippen molar-refractivity contribution in [3.63, 3.8) is 0 Å². The minimum Gasteiger partial charge on any atom is -0.356 e. The van der Waals surface area contributed by atoms with Gasteiger partial charge in [0.15, 0.2) is 0 Å². The van der Waals surface area contributed by atoms with Crippen LogP contribution in [0, 0.1) is 11.8 Å². The molecule has 1 aliphatic heterocycles. The van der Waals surface area contributed by atoms with E-state index < -0.39 is 0 Å². The van der Waals surface area contributed by atoms with Gasteiger partial charge >= 0.3 is 0 Å². The minimum absolute atomic E-state index is 0.221. The molecule has 1 saturated carbocycles. The molecule has 0 radical (unpaired) electrons. The van der Waals surface area contributed by atoms with Crippen LogP contribution in [0.15, 0.2) is 0 Å². The lowest BCUT2D eigenvalue weighted by Crippen LogP contribution is -2.51. The first-order chi connectivity index (χ1) is 6.83. The Bertz CT molecular complexity index is 213. The van der Waals surface area contributed by atoms with Gasteiger partial charge in [0.1, 0.15) is 0 Å².